The Labute approximate surface area is 143 Å². The minimum atomic E-state index is -0.393. The van der Waals surface area contributed by atoms with Gasteiger partial charge in [-0.25, -0.2) is 0 Å². The van der Waals surface area contributed by atoms with Crippen LogP contribution < -0.4 is 14.3 Å². The minimum absolute atomic E-state index is 0.227. The molecule has 0 radical (unpaired) electrons. The smallest absolute Gasteiger partial charge is 0.315 e. The van der Waals surface area contributed by atoms with Gasteiger partial charge >= 0.3 is 5.91 Å². The van der Waals surface area contributed by atoms with E-state index in [1.807, 2.05) is 16.7 Å². The molecule has 0 unspecified atom stereocenters. The maximum absolute atomic E-state index is 12.2. The monoisotopic (exact) mass is 346 g/mol. The largest absolute Gasteiger partial charge is 0.493 e. The van der Waals surface area contributed by atoms with Crippen molar-refractivity contribution in [3.8, 4) is 11.5 Å². The molecule has 2 heterocycles. The highest BCUT2D eigenvalue weighted by Gasteiger charge is 2.14. The Balaban J connectivity index is 2.20. The van der Waals surface area contributed by atoms with Gasteiger partial charge in [0.1, 0.15) is 0 Å². The minimum Gasteiger partial charge on any atom is -0.493 e. The average Bonchev–Trinajstić information content (AvgIpc) is 3.23. The molecule has 0 saturated carbocycles. The van der Waals surface area contributed by atoms with Crippen LogP contribution in [0.1, 0.15) is 23.9 Å². The van der Waals surface area contributed by atoms with E-state index in [9.17, 15) is 4.79 Å². The molecule has 7 heteroatoms. The predicted molar refractivity (Wildman–Crippen MR) is 91.8 cm³/mol. The van der Waals surface area contributed by atoms with E-state index in [0.29, 0.717) is 16.3 Å². The maximum Gasteiger partial charge on any atom is 0.315 e. The van der Waals surface area contributed by atoms with Gasteiger partial charge < -0.3 is 18.5 Å². The standard InChI is InChI=1S/C17H18N2O4S/c1-4-7-19-11-9-13(21-2)14(22-3)10-15(11)24-17(19)18-16(20)12-6-5-8-23-12/h5-6,8-10H,4,7H2,1-3H3. The topological polar surface area (TPSA) is 66.0 Å². The van der Waals surface area contributed by atoms with Gasteiger partial charge in [-0.1, -0.05) is 18.3 Å². The summed E-state index contributed by atoms with van der Waals surface area (Å²) in [5.74, 6) is 1.14. The first-order valence-electron chi connectivity index (χ1n) is 7.55. The van der Waals surface area contributed by atoms with E-state index in [-0.39, 0.29) is 5.76 Å². The third-order valence-electron chi connectivity index (χ3n) is 3.56. The molecule has 126 valence electrons. The van der Waals surface area contributed by atoms with Crippen LogP contribution in [-0.2, 0) is 6.54 Å². The highest BCUT2D eigenvalue weighted by atomic mass is 32.1. The van der Waals surface area contributed by atoms with Crippen LogP contribution in [0.5, 0.6) is 11.5 Å². The second-order valence-electron chi connectivity index (χ2n) is 5.11. The number of nitrogens with zero attached hydrogens (tertiary/aromatic N) is 2. The van der Waals surface area contributed by atoms with Gasteiger partial charge in [-0.05, 0) is 18.6 Å². The van der Waals surface area contributed by atoms with Crippen LogP contribution in [0.2, 0.25) is 0 Å². The number of furan rings is 1. The predicted octanol–water partition coefficient (Wildman–Crippen LogP) is 3.46. The third kappa shape index (κ3) is 2.94. The van der Waals surface area contributed by atoms with Gasteiger partial charge in [-0.2, -0.15) is 4.99 Å². The first kappa shape index (κ1) is 16.3. The summed E-state index contributed by atoms with van der Waals surface area (Å²) < 4.78 is 18.9. The van der Waals surface area contributed by atoms with E-state index in [2.05, 4.69) is 11.9 Å². The van der Waals surface area contributed by atoms with E-state index in [1.54, 1.807) is 26.4 Å². The summed E-state index contributed by atoms with van der Waals surface area (Å²) in [6, 6.07) is 7.09. The molecule has 3 aromatic rings. The molecule has 0 spiro atoms. The SMILES string of the molecule is CCCn1c(=NC(=O)c2ccco2)sc2cc(OC)c(OC)cc21. The van der Waals surface area contributed by atoms with Crippen LogP contribution in [0.25, 0.3) is 10.2 Å². The molecule has 0 saturated heterocycles. The number of thiazole rings is 1. The lowest BCUT2D eigenvalue weighted by atomic mass is 10.3. The summed E-state index contributed by atoms with van der Waals surface area (Å²) >= 11 is 1.44. The molecule has 0 N–H and O–H groups in total. The second-order valence-corrected chi connectivity index (χ2v) is 6.11. The van der Waals surface area contributed by atoms with Crippen LogP contribution in [-0.4, -0.2) is 24.7 Å². The molecule has 1 amide bonds. The number of fused-ring (bicyclic) bond motifs is 1. The van der Waals surface area contributed by atoms with E-state index in [4.69, 9.17) is 13.9 Å². The van der Waals surface area contributed by atoms with Gasteiger partial charge in [-0.15, -0.1) is 0 Å². The highest BCUT2D eigenvalue weighted by Crippen LogP contribution is 2.33. The molecule has 3 rings (SSSR count). The lowest BCUT2D eigenvalue weighted by Gasteiger charge is -2.08. The van der Waals surface area contributed by atoms with Gasteiger partial charge in [0, 0.05) is 18.7 Å². The molecule has 0 fully saturated rings. The Morgan fingerprint density at radius 1 is 1.29 bits per heavy atom. The fourth-order valence-electron chi connectivity index (χ4n) is 2.46. The number of benzene rings is 1. The molecule has 24 heavy (non-hydrogen) atoms. The maximum atomic E-state index is 12.2. The van der Waals surface area contributed by atoms with Crippen molar-refractivity contribution in [3.63, 3.8) is 0 Å². The molecule has 1 aromatic carbocycles. The Bertz CT molecular complexity index is 922. The van der Waals surface area contributed by atoms with Gasteiger partial charge in [0.25, 0.3) is 0 Å². The van der Waals surface area contributed by atoms with Crippen LogP contribution in [0.4, 0.5) is 0 Å². The number of ether oxygens (including phenoxy) is 2. The molecular weight excluding hydrogens is 328 g/mol. The molecule has 0 bridgehead atoms. The van der Waals surface area contributed by atoms with E-state index < -0.39 is 5.91 Å². The van der Waals surface area contributed by atoms with Crippen molar-refractivity contribution in [2.45, 2.75) is 19.9 Å². The van der Waals surface area contributed by atoms with Gasteiger partial charge in [0.05, 0.1) is 30.7 Å². The molecule has 0 aliphatic rings. The van der Waals surface area contributed by atoms with Crippen LogP contribution in [0.3, 0.4) is 0 Å². The molecule has 6 nitrogen and oxygen atoms in total. The first-order valence-corrected chi connectivity index (χ1v) is 8.37. The average molecular weight is 346 g/mol. The summed E-state index contributed by atoms with van der Waals surface area (Å²) in [4.78, 5) is 17.1. The normalized spacial score (nSPS) is 11.9. The fraction of sp³-hybridized carbons (Fsp3) is 0.294. The Morgan fingerprint density at radius 2 is 2.04 bits per heavy atom. The van der Waals surface area contributed by atoms with Crippen LogP contribution in [0, 0.1) is 0 Å². The number of hydrogen-bond acceptors (Lipinski definition) is 5. The lowest BCUT2D eigenvalue weighted by Crippen LogP contribution is -2.16. The lowest BCUT2D eigenvalue weighted by molar-refractivity contribution is 0.0971. The summed E-state index contributed by atoms with van der Waals surface area (Å²) in [7, 11) is 3.20. The number of carbonyl (C=O) groups excluding carboxylic acids is 1. The van der Waals surface area contributed by atoms with Crippen molar-refractivity contribution in [3.05, 3.63) is 41.1 Å². The van der Waals surface area contributed by atoms with Crippen molar-refractivity contribution < 1.29 is 18.7 Å². The van der Waals surface area contributed by atoms with E-state index in [1.165, 1.54) is 17.6 Å². The Kier molecular flexibility index (Phi) is 4.71. The first-order chi connectivity index (χ1) is 11.7. The van der Waals surface area contributed by atoms with Gasteiger partial charge in [0.15, 0.2) is 22.1 Å². The third-order valence-corrected chi connectivity index (χ3v) is 4.61. The molecule has 0 atom stereocenters. The molecule has 2 aromatic heterocycles. The summed E-state index contributed by atoms with van der Waals surface area (Å²) in [6.45, 7) is 2.83. The van der Waals surface area contributed by atoms with Crippen LogP contribution >= 0.6 is 11.3 Å². The van der Waals surface area contributed by atoms with Crippen molar-refractivity contribution in [2.75, 3.05) is 14.2 Å². The number of aromatic nitrogens is 1. The zero-order valence-electron chi connectivity index (χ0n) is 13.7. The fourth-order valence-corrected chi connectivity index (χ4v) is 3.53. The molecule has 0 aliphatic heterocycles. The van der Waals surface area contributed by atoms with Gasteiger partial charge in [-0.3, -0.25) is 4.79 Å². The number of amides is 1. The number of rotatable bonds is 5. The van der Waals surface area contributed by atoms with E-state index >= 15 is 0 Å². The quantitative estimate of drug-likeness (QED) is 0.709. The summed E-state index contributed by atoms with van der Waals surface area (Å²) in [6.07, 6.45) is 2.38. The Morgan fingerprint density at radius 3 is 2.67 bits per heavy atom. The van der Waals surface area contributed by atoms with Gasteiger partial charge in [0.2, 0.25) is 0 Å². The molecule has 0 aliphatic carbocycles. The van der Waals surface area contributed by atoms with Crippen LogP contribution in [0.15, 0.2) is 39.9 Å². The Hall–Kier alpha value is -2.54. The summed E-state index contributed by atoms with van der Waals surface area (Å²) in [5, 5.41) is 0. The number of methoxy groups -OCH3 is 2. The van der Waals surface area contributed by atoms with Crippen molar-refractivity contribution >= 4 is 27.5 Å². The zero-order chi connectivity index (χ0) is 17.1. The number of carbonyl (C=O) groups is 1. The summed E-state index contributed by atoms with van der Waals surface area (Å²) in [5.41, 5.74) is 0.963. The zero-order valence-corrected chi connectivity index (χ0v) is 14.6. The van der Waals surface area contributed by atoms with E-state index in [0.717, 1.165) is 23.2 Å². The molecular formula is C17H18N2O4S. The second kappa shape index (κ2) is 6.92. The highest BCUT2D eigenvalue weighted by molar-refractivity contribution is 7.16. The number of aryl methyl sites for hydroxylation is 1. The van der Waals surface area contributed by atoms with Crippen molar-refractivity contribution in [2.24, 2.45) is 4.99 Å². The van der Waals surface area contributed by atoms with Crippen molar-refractivity contribution in [1.29, 1.82) is 0 Å². The number of hydrogen-bond donors (Lipinski definition) is 0. The van der Waals surface area contributed by atoms with Crippen molar-refractivity contribution in [1.82, 2.24) is 4.57 Å².